The van der Waals surface area contributed by atoms with Crippen LogP contribution < -0.4 is 0 Å². The molecular weight excluding hydrogens is 727 g/mol. The first-order chi connectivity index (χ1) is 29.2. The van der Waals surface area contributed by atoms with E-state index in [9.17, 15) is 0 Å². The van der Waals surface area contributed by atoms with Crippen LogP contribution in [0.4, 0.5) is 0 Å². The molecule has 0 amide bonds. The molecule has 0 unspecified atom stereocenters. The average molecular weight is 760 g/mol. The predicted molar refractivity (Wildman–Crippen MR) is 236 cm³/mol. The van der Waals surface area contributed by atoms with Crippen LogP contribution in [0.25, 0.3) is 94.7 Å². The fourth-order valence-electron chi connectivity index (χ4n) is 8.76. The number of aromatic nitrogens is 9. The summed E-state index contributed by atoms with van der Waals surface area (Å²) in [4.78, 5) is 30.5. The van der Waals surface area contributed by atoms with Gasteiger partial charge in [-0.25, -0.2) is 4.98 Å². The van der Waals surface area contributed by atoms with Crippen molar-refractivity contribution < 1.29 is 0 Å². The number of fused-ring (bicyclic) bond motifs is 9. The van der Waals surface area contributed by atoms with Gasteiger partial charge in [-0.2, -0.15) is 24.9 Å². The van der Waals surface area contributed by atoms with Crippen LogP contribution in [0.15, 0.2) is 170 Å². The minimum absolute atomic E-state index is 0.458. The quantitative estimate of drug-likeness (QED) is 0.168. The smallest absolute Gasteiger partial charge is 0.239 e. The number of rotatable bonds is 6. The minimum Gasteiger partial charge on any atom is -0.278 e. The number of nitrogens with zero attached hydrogens (tertiary/aromatic N) is 9. The van der Waals surface area contributed by atoms with Crippen molar-refractivity contribution in [1.29, 1.82) is 0 Å². The summed E-state index contributed by atoms with van der Waals surface area (Å²) in [7, 11) is 0. The van der Waals surface area contributed by atoms with Gasteiger partial charge in [0.05, 0.1) is 33.1 Å². The number of para-hydroxylation sites is 5. The maximum atomic E-state index is 5.31. The lowest BCUT2D eigenvalue weighted by atomic mass is 10.1. The molecule has 12 aromatic rings. The lowest BCUT2D eigenvalue weighted by Crippen LogP contribution is -2.12. The first-order valence-electron chi connectivity index (χ1n) is 19.7. The third-order valence-electron chi connectivity index (χ3n) is 11.3. The van der Waals surface area contributed by atoms with Crippen molar-refractivity contribution in [2.75, 3.05) is 0 Å². The van der Waals surface area contributed by atoms with Gasteiger partial charge in [-0.1, -0.05) is 133 Å². The molecule has 0 fully saturated rings. The normalized spacial score (nSPS) is 11.9. The lowest BCUT2D eigenvalue weighted by molar-refractivity contribution is 0.831. The molecule has 9 nitrogen and oxygen atoms in total. The van der Waals surface area contributed by atoms with Crippen molar-refractivity contribution in [1.82, 2.24) is 43.6 Å². The number of benzene rings is 7. The summed E-state index contributed by atoms with van der Waals surface area (Å²) in [5, 5.41) is 6.81. The van der Waals surface area contributed by atoms with Crippen LogP contribution in [0.2, 0.25) is 0 Å². The standard InChI is InChI=1S/C50H33N9/c1-31-51-47(33-15-3-2-4-16-33)55-48(52-31)59-44-26-14-9-21-38(44)39-28-27-32(29-45(39)59)30-46-53-49(57-40-22-10-5-17-34(40)35-18-6-11-23-41(35)57)56-50(54-46)58-42-24-12-7-19-36(42)37-20-8-13-25-43(37)58/h2-29H,30H2,1H3. The Morgan fingerprint density at radius 3 is 1.25 bits per heavy atom. The number of hydrogen-bond acceptors (Lipinski definition) is 6. The van der Waals surface area contributed by atoms with E-state index in [-0.39, 0.29) is 0 Å². The summed E-state index contributed by atoms with van der Waals surface area (Å²) in [6, 6.07) is 58.8. The molecule has 7 aromatic carbocycles. The lowest BCUT2D eigenvalue weighted by Gasteiger charge is -2.13. The van der Waals surface area contributed by atoms with Crippen molar-refractivity contribution in [3.8, 4) is 29.2 Å². The van der Waals surface area contributed by atoms with Gasteiger partial charge in [-0.15, -0.1) is 0 Å². The van der Waals surface area contributed by atoms with Crippen molar-refractivity contribution in [3.63, 3.8) is 0 Å². The Hall–Kier alpha value is -8.04. The first-order valence-corrected chi connectivity index (χ1v) is 19.7. The summed E-state index contributed by atoms with van der Waals surface area (Å²) in [5.74, 6) is 3.63. The second-order valence-electron chi connectivity index (χ2n) is 14.8. The maximum absolute atomic E-state index is 5.31. The third-order valence-corrected chi connectivity index (χ3v) is 11.3. The summed E-state index contributed by atoms with van der Waals surface area (Å²) < 4.78 is 6.49. The largest absolute Gasteiger partial charge is 0.278 e. The first kappa shape index (κ1) is 33.1. The average Bonchev–Trinajstić information content (AvgIpc) is 3.92. The van der Waals surface area contributed by atoms with Crippen molar-refractivity contribution >= 4 is 65.4 Å². The van der Waals surface area contributed by atoms with Gasteiger partial charge in [0, 0.05) is 44.3 Å². The molecule has 0 bridgehead atoms. The van der Waals surface area contributed by atoms with Crippen LogP contribution in [0.5, 0.6) is 0 Å². The van der Waals surface area contributed by atoms with E-state index in [1.54, 1.807) is 0 Å². The molecule has 9 heteroatoms. The van der Waals surface area contributed by atoms with E-state index in [2.05, 4.69) is 153 Å². The van der Waals surface area contributed by atoms with Crippen molar-refractivity contribution in [2.24, 2.45) is 0 Å². The Kier molecular flexibility index (Phi) is 7.30. The molecule has 5 heterocycles. The predicted octanol–water partition coefficient (Wildman–Crippen LogP) is 10.9. The maximum Gasteiger partial charge on any atom is 0.239 e. The van der Waals surface area contributed by atoms with E-state index in [1.165, 1.54) is 0 Å². The molecule has 0 saturated heterocycles. The molecule has 0 aliphatic carbocycles. The van der Waals surface area contributed by atoms with Gasteiger partial charge in [-0.05, 0) is 48.9 Å². The van der Waals surface area contributed by atoms with Crippen LogP contribution >= 0.6 is 0 Å². The number of aryl methyl sites for hydroxylation is 1. The summed E-state index contributed by atoms with van der Waals surface area (Å²) in [6.45, 7) is 1.92. The highest BCUT2D eigenvalue weighted by Gasteiger charge is 2.21. The SMILES string of the molecule is Cc1nc(-c2ccccc2)nc(-n2c3ccccc3c3ccc(Cc4nc(-n5c6ccccc6c6ccccc65)nc(-n5c6ccccc6c6ccccc65)n4)cc32)n1. The van der Waals surface area contributed by atoms with Crippen molar-refractivity contribution in [2.45, 2.75) is 13.3 Å². The van der Waals surface area contributed by atoms with E-state index in [1.807, 2.05) is 37.3 Å². The van der Waals surface area contributed by atoms with Crippen LogP contribution in [-0.4, -0.2) is 43.6 Å². The van der Waals surface area contributed by atoms with E-state index < -0.39 is 0 Å². The second kappa shape index (κ2) is 13.0. The van der Waals surface area contributed by atoms with Crippen LogP contribution in [0.3, 0.4) is 0 Å². The van der Waals surface area contributed by atoms with Gasteiger partial charge in [0.2, 0.25) is 17.8 Å². The molecule has 278 valence electrons. The molecule has 0 saturated carbocycles. The zero-order chi connectivity index (χ0) is 39.0. The van der Waals surface area contributed by atoms with Gasteiger partial charge in [0.25, 0.3) is 0 Å². The van der Waals surface area contributed by atoms with Crippen molar-refractivity contribution in [3.05, 3.63) is 187 Å². The molecule has 0 radical (unpaired) electrons. The molecular formula is C50H33N9. The zero-order valence-corrected chi connectivity index (χ0v) is 31.9. The molecule has 59 heavy (non-hydrogen) atoms. The summed E-state index contributed by atoms with van der Waals surface area (Å²) in [6.07, 6.45) is 0.458. The van der Waals surface area contributed by atoms with Crippen LogP contribution in [0, 0.1) is 6.92 Å². The highest BCUT2D eigenvalue weighted by molar-refractivity contribution is 6.11. The Balaban J connectivity index is 1.08. The highest BCUT2D eigenvalue weighted by atomic mass is 15.3. The Labute approximate surface area is 337 Å². The van der Waals surface area contributed by atoms with Gasteiger partial charge in [0.1, 0.15) is 11.6 Å². The summed E-state index contributed by atoms with van der Waals surface area (Å²) in [5.41, 5.74) is 8.14. The topological polar surface area (TPSA) is 92.1 Å². The van der Waals surface area contributed by atoms with Gasteiger partial charge in [0.15, 0.2) is 5.82 Å². The monoisotopic (exact) mass is 759 g/mol. The number of hydrogen-bond donors (Lipinski definition) is 0. The molecule has 0 aliphatic heterocycles. The minimum atomic E-state index is 0.458. The Bertz CT molecular complexity index is 3380. The molecule has 5 aromatic heterocycles. The molecule has 0 aliphatic rings. The van der Waals surface area contributed by atoms with Gasteiger partial charge >= 0.3 is 0 Å². The fraction of sp³-hybridized carbons (Fsp3) is 0.0400. The molecule has 12 rings (SSSR count). The third kappa shape index (κ3) is 5.25. The van der Waals surface area contributed by atoms with Gasteiger partial charge < -0.3 is 0 Å². The van der Waals surface area contributed by atoms with E-state index in [0.717, 1.165) is 76.5 Å². The van der Waals surface area contributed by atoms with Crippen LogP contribution in [-0.2, 0) is 6.42 Å². The van der Waals surface area contributed by atoms with E-state index in [4.69, 9.17) is 29.9 Å². The fourth-order valence-corrected chi connectivity index (χ4v) is 8.76. The Morgan fingerprint density at radius 1 is 0.356 bits per heavy atom. The highest BCUT2D eigenvalue weighted by Crippen LogP contribution is 2.35. The molecule has 0 spiro atoms. The summed E-state index contributed by atoms with van der Waals surface area (Å²) >= 11 is 0. The second-order valence-corrected chi connectivity index (χ2v) is 14.8. The van der Waals surface area contributed by atoms with E-state index in [0.29, 0.717) is 41.7 Å². The molecule has 0 atom stereocenters. The van der Waals surface area contributed by atoms with Gasteiger partial charge in [-0.3, -0.25) is 13.7 Å². The zero-order valence-electron chi connectivity index (χ0n) is 31.9. The van der Waals surface area contributed by atoms with E-state index >= 15 is 0 Å². The Morgan fingerprint density at radius 2 is 0.763 bits per heavy atom. The molecule has 0 N–H and O–H groups in total. The van der Waals surface area contributed by atoms with Crippen LogP contribution in [0.1, 0.15) is 17.2 Å².